The summed E-state index contributed by atoms with van der Waals surface area (Å²) in [5.41, 5.74) is 1.14. The lowest BCUT2D eigenvalue weighted by Crippen LogP contribution is -2.38. The molecule has 0 aromatic carbocycles. The fraction of sp³-hybridized carbons (Fsp3) is 0.800. The van der Waals surface area contributed by atoms with E-state index in [9.17, 15) is 4.91 Å². The highest BCUT2D eigenvalue weighted by molar-refractivity contribution is 6.24. The standard InChI is InChI=1S/C10H16ClNO/c1-7(2)8-4-5-10(3,11)9(6-8)12-13/h8-9H,1,4-6H2,2-3H3. The van der Waals surface area contributed by atoms with E-state index in [0.29, 0.717) is 5.92 Å². The van der Waals surface area contributed by atoms with Crippen molar-refractivity contribution in [1.82, 2.24) is 0 Å². The molecule has 2 nitrogen and oxygen atoms in total. The maximum Gasteiger partial charge on any atom is 0.111 e. The first-order valence-electron chi connectivity index (χ1n) is 4.64. The van der Waals surface area contributed by atoms with Gasteiger partial charge in [0, 0.05) is 0 Å². The second-order valence-electron chi connectivity index (χ2n) is 4.22. The number of nitrogens with zero attached hydrogens (tertiary/aromatic N) is 1. The van der Waals surface area contributed by atoms with Gasteiger partial charge >= 0.3 is 0 Å². The van der Waals surface area contributed by atoms with E-state index in [1.165, 1.54) is 0 Å². The van der Waals surface area contributed by atoms with Crippen LogP contribution in [0.3, 0.4) is 0 Å². The minimum atomic E-state index is -0.437. The van der Waals surface area contributed by atoms with Crippen LogP contribution in [0.25, 0.3) is 0 Å². The average Bonchev–Trinajstić information content (AvgIpc) is 2.03. The highest BCUT2D eigenvalue weighted by Crippen LogP contribution is 2.40. The predicted molar refractivity (Wildman–Crippen MR) is 56.0 cm³/mol. The van der Waals surface area contributed by atoms with E-state index in [2.05, 4.69) is 11.8 Å². The van der Waals surface area contributed by atoms with E-state index in [4.69, 9.17) is 11.6 Å². The van der Waals surface area contributed by atoms with Gasteiger partial charge in [0.05, 0.1) is 4.87 Å². The second-order valence-corrected chi connectivity index (χ2v) is 5.08. The second kappa shape index (κ2) is 3.79. The first kappa shape index (κ1) is 10.7. The highest BCUT2D eigenvalue weighted by atomic mass is 35.5. The van der Waals surface area contributed by atoms with Gasteiger partial charge in [0.1, 0.15) is 6.04 Å². The normalized spacial score (nSPS) is 39.9. The highest BCUT2D eigenvalue weighted by Gasteiger charge is 2.39. The molecule has 0 amide bonds. The number of hydrogen-bond donors (Lipinski definition) is 0. The third-order valence-corrected chi connectivity index (χ3v) is 3.45. The molecule has 0 spiro atoms. The van der Waals surface area contributed by atoms with E-state index in [1.807, 2.05) is 13.8 Å². The van der Waals surface area contributed by atoms with Crippen LogP contribution in [0.1, 0.15) is 33.1 Å². The van der Waals surface area contributed by atoms with Gasteiger partial charge < -0.3 is 0 Å². The summed E-state index contributed by atoms with van der Waals surface area (Å²) in [7, 11) is 0. The van der Waals surface area contributed by atoms with Crippen molar-refractivity contribution in [2.45, 2.75) is 44.0 Å². The molecule has 0 aromatic heterocycles. The van der Waals surface area contributed by atoms with Gasteiger partial charge in [-0.05, 0) is 39.0 Å². The SMILES string of the molecule is C=C(C)C1CCC(C)(Cl)C(N=O)C1. The fourth-order valence-corrected chi connectivity index (χ4v) is 2.09. The Bertz CT molecular complexity index is 225. The van der Waals surface area contributed by atoms with Crippen LogP contribution >= 0.6 is 11.6 Å². The van der Waals surface area contributed by atoms with E-state index in [0.717, 1.165) is 24.8 Å². The number of rotatable bonds is 2. The van der Waals surface area contributed by atoms with Crippen molar-refractivity contribution >= 4 is 11.6 Å². The van der Waals surface area contributed by atoms with Gasteiger partial charge in [-0.2, -0.15) is 4.91 Å². The van der Waals surface area contributed by atoms with Crippen LogP contribution in [0.15, 0.2) is 17.3 Å². The summed E-state index contributed by atoms with van der Waals surface area (Å²) in [5, 5.41) is 3.11. The molecule has 3 unspecified atom stereocenters. The Hall–Kier alpha value is -0.370. The molecule has 3 heteroatoms. The molecule has 1 aliphatic rings. The van der Waals surface area contributed by atoms with Gasteiger partial charge in [0.25, 0.3) is 0 Å². The predicted octanol–water partition coefficient (Wildman–Crippen LogP) is 3.50. The van der Waals surface area contributed by atoms with Gasteiger partial charge in [0.15, 0.2) is 0 Å². The first-order valence-corrected chi connectivity index (χ1v) is 5.02. The Morgan fingerprint density at radius 2 is 2.31 bits per heavy atom. The monoisotopic (exact) mass is 201 g/mol. The molecular formula is C10H16ClNO. The third kappa shape index (κ3) is 2.31. The van der Waals surface area contributed by atoms with E-state index >= 15 is 0 Å². The fourth-order valence-electron chi connectivity index (χ4n) is 1.86. The van der Waals surface area contributed by atoms with Gasteiger partial charge in [-0.15, -0.1) is 11.6 Å². The zero-order chi connectivity index (χ0) is 10.1. The number of nitroso groups, excluding NO2 is 1. The molecule has 1 fully saturated rings. The molecular weight excluding hydrogens is 186 g/mol. The van der Waals surface area contributed by atoms with Crippen molar-refractivity contribution in [2.75, 3.05) is 0 Å². The first-order chi connectivity index (χ1) is 5.97. The summed E-state index contributed by atoms with van der Waals surface area (Å²) in [6.07, 6.45) is 2.64. The van der Waals surface area contributed by atoms with E-state index in [1.54, 1.807) is 0 Å². The molecule has 1 saturated carbocycles. The van der Waals surface area contributed by atoms with Crippen LogP contribution in [0, 0.1) is 10.8 Å². The van der Waals surface area contributed by atoms with Crippen molar-refractivity contribution in [1.29, 1.82) is 0 Å². The molecule has 13 heavy (non-hydrogen) atoms. The Labute approximate surface area is 84.3 Å². The Balaban J connectivity index is 2.68. The zero-order valence-corrected chi connectivity index (χ0v) is 8.97. The lowest BCUT2D eigenvalue weighted by molar-refractivity contribution is 0.299. The summed E-state index contributed by atoms with van der Waals surface area (Å²) in [6, 6.07) is -0.260. The van der Waals surface area contributed by atoms with Crippen LogP contribution in [-0.2, 0) is 0 Å². The van der Waals surface area contributed by atoms with Gasteiger partial charge in [-0.3, -0.25) is 0 Å². The average molecular weight is 202 g/mol. The Morgan fingerprint density at radius 1 is 1.69 bits per heavy atom. The molecule has 74 valence electrons. The van der Waals surface area contributed by atoms with Crippen LogP contribution in [-0.4, -0.2) is 10.9 Å². The molecule has 0 bridgehead atoms. The lowest BCUT2D eigenvalue weighted by Gasteiger charge is -2.36. The summed E-state index contributed by atoms with van der Waals surface area (Å²) in [6.45, 7) is 7.81. The quantitative estimate of drug-likeness (QED) is 0.382. The molecule has 0 heterocycles. The molecule has 0 aliphatic heterocycles. The van der Waals surface area contributed by atoms with Gasteiger partial charge in [-0.25, -0.2) is 0 Å². The van der Waals surface area contributed by atoms with Crippen LogP contribution in [0.4, 0.5) is 0 Å². The van der Waals surface area contributed by atoms with E-state index < -0.39 is 4.87 Å². The van der Waals surface area contributed by atoms with Crippen LogP contribution < -0.4 is 0 Å². The summed E-state index contributed by atoms with van der Waals surface area (Å²) in [4.78, 5) is 10.1. The van der Waals surface area contributed by atoms with Gasteiger partial charge in [0.2, 0.25) is 0 Å². The minimum Gasteiger partial charge on any atom is -0.150 e. The molecule has 0 radical (unpaired) electrons. The molecule has 3 atom stereocenters. The molecule has 0 aromatic rings. The van der Waals surface area contributed by atoms with Crippen LogP contribution in [0.2, 0.25) is 0 Å². The number of allylic oxidation sites excluding steroid dienone is 1. The molecule has 0 saturated heterocycles. The third-order valence-electron chi connectivity index (χ3n) is 3.01. The number of hydrogen-bond acceptors (Lipinski definition) is 2. The zero-order valence-electron chi connectivity index (χ0n) is 8.22. The maximum absolute atomic E-state index is 10.6. The largest absolute Gasteiger partial charge is 0.150 e. The van der Waals surface area contributed by atoms with Crippen molar-refractivity contribution in [3.63, 3.8) is 0 Å². The summed E-state index contributed by atoms with van der Waals surface area (Å²) < 4.78 is 0. The topological polar surface area (TPSA) is 29.4 Å². The van der Waals surface area contributed by atoms with E-state index in [-0.39, 0.29) is 6.04 Å². The Morgan fingerprint density at radius 3 is 2.77 bits per heavy atom. The van der Waals surface area contributed by atoms with Crippen molar-refractivity contribution in [3.05, 3.63) is 17.1 Å². The van der Waals surface area contributed by atoms with Gasteiger partial charge in [-0.1, -0.05) is 17.3 Å². The van der Waals surface area contributed by atoms with Crippen molar-refractivity contribution in [3.8, 4) is 0 Å². The number of halogens is 1. The maximum atomic E-state index is 10.6. The Kier molecular flexibility index (Phi) is 3.12. The lowest BCUT2D eigenvalue weighted by atomic mass is 9.76. The smallest absolute Gasteiger partial charge is 0.111 e. The number of alkyl halides is 1. The molecule has 1 rings (SSSR count). The summed E-state index contributed by atoms with van der Waals surface area (Å²) in [5.74, 6) is 0.425. The minimum absolute atomic E-state index is 0.260. The molecule has 0 N–H and O–H groups in total. The molecule has 1 aliphatic carbocycles. The van der Waals surface area contributed by atoms with Crippen molar-refractivity contribution in [2.24, 2.45) is 11.1 Å². The van der Waals surface area contributed by atoms with Crippen LogP contribution in [0.5, 0.6) is 0 Å². The summed E-state index contributed by atoms with van der Waals surface area (Å²) >= 11 is 6.18. The van der Waals surface area contributed by atoms with Crippen molar-refractivity contribution < 1.29 is 0 Å².